The summed E-state index contributed by atoms with van der Waals surface area (Å²) in [6.45, 7) is 3.23. The first-order valence-electron chi connectivity index (χ1n) is 3.20. The summed E-state index contributed by atoms with van der Waals surface area (Å²) in [6.07, 6.45) is 0. The van der Waals surface area contributed by atoms with E-state index in [9.17, 15) is 4.79 Å². The molecular formula is C5H9N5O. The maximum absolute atomic E-state index is 10.6. The fourth-order valence-electron chi connectivity index (χ4n) is 0.722. The first-order valence-corrected chi connectivity index (χ1v) is 3.20. The molecule has 1 atom stereocenters. The predicted molar refractivity (Wildman–Crippen MR) is 36.4 cm³/mol. The Bertz CT molecular complexity index is 231. The fourth-order valence-corrected chi connectivity index (χ4v) is 0.722. The number of carbonyl (C=O) groups is 1. The quantitative estimate of drug-likeness (QED) is 0.597. The van der Waals surface area contributed by atoms with Gasteiger partial charge in [0.25, 0.3) is 0 Å². The van der Waals surface area contributed by atoms with Crippen molar-refractivity contribution in [3.05, 3.63) is 5.82 Å². The van der Waals surface area contributed by atoms with Crippen molar-refractivity contribution in [3.63, 3.8) is 0 Å². The summed E-state index contributed by atoms with van der Waals surface area (Å²) < 4.78 is 0. The summed E-state index contributed by atoms with van der Waals surface area (Å²) in [5.74, 6) is 0.377. The van der Waals surface area contributed by atoms with Crippen LogP contribution in [-0.2, 0) is 4.79 Å². The number of amides is 1. The van der Waals surface area contributed by atoms with Crippen LogP contribution in [0.5, 0.6) is 0 Å². The lowest BCUT2D eigenvalue weighted by Crippen LogP contribution is -2.24. The molecule has 60 valence electrons. The Morgan fingerprint density at radius 3 is 2.91 bits per heavy atom. The SMILES string of the molecule is CC(=O)NC(C)c1nn[nH]n1. The van der Waals surface area contributed by atoms with E-state index in [1.54, 1.807) is 6.92 Å². The number of H-pyrrole nitrogens is 1. The summed E-state index contributed by atoms with van der Waals surface area (Å²) in [6, 6.07) is -0.189. The molecule has 2 N–H and O–H groups in total. The minimum Gasteiger partial charge on any atom is -0.346 e. The molecule has 0 radical (unpaired) electrons. The van der Waals surface area contributed by atoms with Crippen molar-refractivity contribution in [3.8, 4) is 0 Å². The molecule has 1 unspecified atom stereocenters. The van der Waals surface area contributed by atoms with E-state index in [-0.39, 0.29) is 11.9 Å². The molecule has 6 nitrogen and oxygen atoms in total. The van der Waals surface area contributed by atoms with Crippen molar-refractivity contribution >= 4 is 5.91 Å². The minimum atomic E-state index is -0.189. The van der Waals surface area contributed by atoms with Crippen LogP contribution >= 0.6 is 0 Å². The van der Waals surface area contributed by atoms with Crippen LogP contribution in [-0.4, -0.2) is 26.5 Å². The summed E-state index contributed by atoms with van der Waals surface area (Å²) in [5.41, 5.74) is 0. The highest BCUT2D eigenvalue weighted by Crippen LogP contribution is 2.01. The van der Waals surface area contributed by atoms with Crippen molar-refractivity contribution in [1.82, 2.24) is 25.9 Å². The Balaban J connectivity index is 2.56. The third kappa shape index (κ3) is 1.99. The Labute approximate surface area is 63.4 Å². The highest BCUT2D eigenvalue weighted by Gasteiger charge is 2.09. The highest BCUT2D eigenvalue weighted by atomic mass is 16.1. The van der Waals surface area contributed by atoms with Gasteiger partial charge in [-0.15, -0.1) is 10.2 Å². The van der Waals surface area contributed by atoms with E-state index in [4.69, 9.17) is 0 Å². The first-order chi connectivity index (χ1) is 5.20. The van der Waals surface area contributed by atoms with Crippen LogP contribution in [0.2, 0.25) is 0 Å². The van der Waals surface area contributed by atoms with Crippen molar-refractivity contribution in [1.29, 1.82) is 0 Å². The van der Waals surface area contributed by atoms with Gasteiger partial charge in [0, 0.05) is 6.92 Å². The van der Waals surface area contributed by atoms with Crippen molar-refractivity contribution in [2.24, 2.45) is 0 Å². The van der Waals surface area contributed by atoms with Crippen molar-refractivity contribution in [2.45, 2.75) is 19.9 Å². The van der Waals surface area contributed by atoms with Gasteiger partial charge in [0.15, 0.2) is 5.82 Å². The maximum atomic E-state index is 10.6. The van der Waals surface area contributed by atoms with E-state index < -0.39 is 0 Å². The Hall–Kier alpha value is -1.46. The van der Waals surface area contributed by atoms with Crippen molar-refractivity contribution in [2.75, 3.05) is 0 Å². The lowest BCUT2D eigenvalue weighted by Gasteiger charge is -2.05. The number of nitrogens with zero attached hydrogens (tertiary/aromatic N) is 3. The molecular weight excluding hydrogens is 146 g/mol. The number of nitrogens with one attached hydrogen (secondary N) is 2. The van der Waals surface area contributed by atoms with Gasteiger partial charge >= 0.3 is 0 Å². The zero-order valence-electron chi connectivity index (χ0n) is 6.33. The molecule has 1 aromatic heterocycles. The first kappa shape index (κ1) is 7.64. The monoisotopic (exact) mass is 155 g/mol. The molecule has 0 fully saturated rings. The zero-order chi connectivity index (χ0) is 8.27. The van der Waals surface area contributed by atoms with Crippen LogP contribution < -0.4 is 5.32 Å². The Kier molecular flexibility index (Phi) is 2.15. The molecule has 1 heterocycles. The molecule has 0 saturated heterocycles. The Morgan fingerprint density at radius 2 is 2.45 bits per heavy atom. The van der Waals surface area contributed by atoms with E-state index in [0.29, 0.717) is 5.82 Å². The fraction of sp³-hybridized carbons (Fsp3) is 0.600. The average Bonchev–Trinajstić information content (AvgIpc) is 2.35. The van der Waals surface area contributed by atoms with E-state index in [0.717, 1.165) is 0 Å². The maximum Gasteiger partial charge on any atom is 0.217 e. The average molecular weight is 155 g/mol. The third-order valence-electron chi connectivity index (χ3n) is 1.17. The number of aromatic nitrogens is 4. The van der Waals surface area contributed by atoms with Gasteiger partial charge in [-0.2, -0.15) is 5.21 Å². The van der Waals surface area contributed by atoms with E-state index in [1.807, 2.05) is 0 Å². The molecule has 0 spiro atoms. The second kappa shape index (κ2) is 3.09. The molecule has 0 aliphatic heterocycles. The van der Waals surface area contributed by atoms with E-state index in [1.165, 1.54) is 6.92 Å². The molecule has 11 heavy (non-hydrogen) atoms. The molecule has 1 aromatic rings. The van der Waals surface area contributed by atoms with Gasteiger partial charge < -0.3 is 5.32 Å². The predicted octanol–water partition coefficient (Wildman–Crippen LogP) is -0.603. The lowest BCUT2D eigenvalue weighted by atomic mass is 10.3. The normalized spacial score (nSPS) is 12.5. The van der Waals surface area contributed by atoms with Crippen LogP contribution in [0.25, 0.3) is 0 Å². The van der Waals surface area contributed by atoms with E-state index in [2.05, 4.69) is 25.9 Å². The number of rotatable bonds is 2. The molecule has 1 amide bonds. The van der Waals surface area contributed by atoms with Gasteiger partial charge in [-0.3, -0.25) is 4.79 Å². The number of aromatic amines is 1. The standard InChI is InChI=1S/C5H9N5O/c1-3(6-4(2)11)5-7-9-10-8-5/h3H,1-2H3,(H,6,11)(H,7,8,9,10). The second-order valence-electron chi connectivity index (χ2n) is 2.19. The molecule has 0 aliphatic carbocycles. The highest BCUT2D eigenvalue weighted by molar-refractivity contribution is 5.73. The smallest absolute Gasteiger partial charge is 0.217 e. The van der Waals surface area contributed by atoms with Crippen LogP contribution in [0.3, 0.4) is 0 Å². The van der Waals surface area contributed by atoms with Gasteiger partial charge in [0.1, 0.15) is 0 Å². The van der Waals surface area contributed by atoms with Gasteiger partial charge in [-0.1, -0.05) is 5.21 Å². The zero-order valence-corrected chi connectivity index (χ0v) is 6.33. The van der Waals surface area contributed by atoms with Gasteiger partial charge in [-0.25, -0.2) is 0 Å². The molecule has 0 saturated carbocycles. The lowest BCUT2D eigenvalue weighted by molar-refractivity contribution is -0.119. The topological polar surface area (TPSA) is 83.6 Å². The number of tetrazole rings is 1. The third-order valence-corrected chi connectivity index (χ3v) is 1.17. The Morgan fingerprint density at radius 1 is 1.73 bits per heavy atom. The largest absolute Gasteiger partial charge is 0.346 e. The van der Waals surface area contributed by atoms with E-state index >= 15 is 0 Å². The minimum absolute atomic E-state index is 0.109. The van der Waals surface area contributed by atoms with Crippen LogP contribution in [0.4, 0.5) is 0 Å². The summed E-state index contributed by atoms with van der Waals surface area (Å²) >= 11 is 0. The van der Waals surface area contributed by atoms with Gasteiger partial charge in [0.2, 0.25) is 5.91 Å². The number of hydrogen-bond donors (Lipinski definition) is 2. The van der Waals surface area contributed by atoms with Gasteiger partial charge in [0.05, 0.1) is 6.04 Å². The molecule has 0 bridgehead atoms. The second-order valence-corrected chi connectivity index (χ2v) is 2.19. The molecule has 0 aromatic carbocycles. The molecule has 6 heteroatoms. The summed E-state index contributed by atoms with van der Waals surface area (Å²) in [7, 11) is 0. The van der Waals surface area contributed by atoms with Gasteiger partial charge in [-0.05, 0) is 6.92 Å². The van der Waals surface area contributed by atoms with Crippen LogP contribution in [0.15, 0.2) is 0 Å². The summed E-state index contributed by atoms with van der Waals surface area (Å²) in [5, 5.41) is 15.7. The number of hydrogen-bond acceptors (Lipinski definition) is 4. The summed E-state index contributed by atoms with van der Waals surface area (Å²) in [4.78, 5) is 10.6. The molecule has 0 aliphatic rings. The molecule has 1 rings (SSSR count). The number of carbonyl (C=O) groups excluding carboxylic acids is 1. The van der Waals surface area contributed by atoms with Crippen molar-refractivity contribution < 1.29 is 4.79 Å². The van der Waals surface area contributed by atoms with Crippen LogP contribution in [0.1, 0.15) is 25.7 Å². The van der Waals surface area contributed by atoms with Crippen LogP contribution in [0, 0.1) is 0 Å².